The highest BCUT2D eigenvalue weighted by Gasteiger charge is 2.49. The summed E-state index contributed by atoms with van der Waals surface area (Å²) in [5, 5.41) is 20.6. The maximum Gasteiger partial charge on any atom is 0.314 e. The third kappa shape index (κ3) is 5.04. The van der Waals surface area contributed by atoms with Gasteiger partial charge in [0, 0.05) is 13.1 Å². The summed E-state index contributed by atoms with van der Waals surface area (Å²) in [6, 6.07) is 17.7. The van der Waals surface area contributed by atoms with Gasteiger partial charge < -0.3 is 15.1 Å². The van der Waals surface area contributed by atoms with E-state index in [4.69, 9.17) is 0 Å². The van der Waals surface area contributed by atoms with Gasteiger partial charge in [-0.3, -0.25) is 9.59 Å². The number of aliphatic carboxylic acids is 1. The molecule has 0 bridgehead atoms. The third-order valence-corrected chi connectivity index (χ3v) is 5.93. The number of aryl methyl sites for hydroxylation is 2. The maximum absolute atomic E-state index is 12.8. The van der Waals surface area contributed by atoms with Crippen LogP contribution in [-0.4, -0.2) is 46.2 Å². The van der Waals surface area contributed by atoms with E-state index >= 15 is 0 Å². The van der Waals surface area contributed by atoms with Crippen molar-refractivity contribution in [3.8, 4) is 0 Å². The van der Waals surface area contributed by atoms with Crippen molar-refractivity contribution in [2.75, 3.05) is 13.1 Å². The summed E-state index contributed by atoms with van der Waals surface area (Å²) in [5.41, 5.74) is 1.84. The first-order valence-electron chi connectivity index (χ1n) is 10.2. The number of rotatable bonds is 7. The Morgan fingerprint density at radius 3 is 2.52 bits per heavy atom. The van der Waals surface area contributed by atoms with Crippen LogP contribution in [0.2, 0.25) is 0 Å². The molecule has 2 atom stereocenters. The van der Waals surface area contributed by atoms with Crippen molar-refractivity contribution < 1.29 is 19.8 Å². The van der Waals surface area contributed by atoms with E-state index in [1.807, 2.05) is 61.5 Å². The van der Waals surface area contributed by atoms with Crippen LogP contribution in [0.15, 0.2) is 54.6 Å². The molecule has 2 N–H and O–H groups in total. The fourth-order valence-corrected chi connectivity index (χ4v) is 4.22. The van der Waals surface area contributed by atoms with Gasteiger partial charge in [0.2, 0.25) is 5.91 Å². The van der Waals surface area contributed by atoms with Crippen molar-refractivity contribution in [1.82, 2.24) is 4.90 Å². The minimum atomic E-state index is -1.31. The monoisotopic (exact) mass is 395 g/mol. The van der Waals surface area contributed by atoms with Crippen LogP contribution in [0.3, 0.4) is 0 Å². The number of carboxylic acid groups (broad SMARTS) is 1. The van der Waals surface area contributed by atoms with Crippen LogP contribution in [0.4, 0.5) is 0 Å². The molecule has 2 aromatic carbocycles. The van der Waals surface area contributed by atoms with Gasteiger partial charge in [-0.15, -0.1) is 0 Å². The number of nitrogens with zero attached hydrogens (tertiary/aromatic N) is 1. The molecule has 5 nitrogen and oxygen atoms in total. The number of hydrogen-bond donors (Lipinski definition) is 2. The molecule has 1 saturated heterocycles. The van der Waals surface area contributed by atoms with Crippen LogP contribution in [0.5, 0.6) is 0 Å². The highest BCUT2D eigenvalue weighted by molar-refractivity contribution is 5.81. The molecular weight excluding hydrogens is 366 g/mol. The number of likely N-dealkylation sites (tertiary alicyclic amines) is 1. The van der Waals surface area contributed by atoms with Gasteiger partial charge >= 0.3 is 5.97 Å². The summed E-state index contributed by atoms with van der Waals surface area (Å²) >= 11 is 0. The first-order valence-corrected chi connectivity index (χ1v) is 10.2. The minimum Gasteiger partial charge on any atom is -0.481 e. The molecule has 0 aromatic heterocycles. The van der Waals surface area contributed by atoms with Crippen molar-refractivity contribution in [2.24, 2.45) is 5.41 Å². The first-order chi connectivity index (χ1) is 13.9. The lowest BCUT2D eigenvalue weighted by Gasteiger charge is -2.43. The van der Waals surface area contributed by atoms with Gasteiger partial charge in [-0.25, -0.2) is 0 Å². The maximum atomic E-state index is 12.8. The summed E-state index contributed by atoms with van der Waals surface area (Å²) in [6.45, 7) is 2.43. The zero-order chi connectivity index (χ0) is 20.9. The van der Waals surface area contributed by atoms with E-state index in [1.165, 1.54) is 0 Å². The van der Waals surface area contributed by atoms with E-state index in [0.717, 1.165) is 23.1 Å². The molecule has 29 heavy (non-hydrogen) atoms. The average Bonchev–Trinajstić information content (AvgIpc) is 2.70. The standard InChI is InChI=1S/C24H29NO4/c1-18-7-5-10-20(15-18)16-22(27)25-14-12-21(26)24(17-25,23(28)29)13-6-11-19-8-3-2-4-9-19/h2-5,7-10,15,21,26H,6,11-14,16-17H2,1H3,(H,28,29)/t21-,24+/m0/s1. The predicted octanol–water partition coefficient (Wildman–Crippen LogP) is 3.22. The summed E-state index contributed by atoms with van der Waals surface area (Å²) in [7, 11) is 0. The van der Waals surface area contributed by atoms with Crippen molar-refractivity contribution in [3.05, 3.63) is 71.3 Å². The molecule has 1 fully saturated rings. The number of carbonyl (C=O) groups excluding carboxylic acids is 1. The quantitative estimate of drug-likeness (QED) is 0.755. The van der Waals surface area contributed by atoms with Crippen LogP contribution < -0.4 is 0 Å². The zero-order valence-electron chi connectivity index (χ0n) is 16.9. The second-order valence-corrected chi connectivity index (χ2v) is 8.09. The number of aliphatic hydroxyl groups excluding tert-OH is 1. The molecule has 1 amide bonds. The molecule has 0 saturated carbocycles. The first kappa shape index (κ1) is 21.1. The number of aliphatic hydroxyl groups is 1. The molecule has 154 valence electrons. The van der Waals surface area contributed by atoms with E-state index in [2.05, 4.69) is 0 Å². The zero-order valence-corrected chi connectivity index (χ0v) is 16.9. The Kier molecular flexibility index (Phi) is 6.70. The fourth-order valence-electron chi connectivity index (χ4n) is 4.22. The second-order valence-electron chi connectivity index (χ2n) is 8.09. The van der Waals surface area contributed by atoms with Gasteiger partial charge in [0.1, 0.15) is 5.41 Å². The second kappa shape index (κ2) is 9.23. The van der Waals surface area contributed by atoms with E-state index < -0.39 is 17.5 Å². The number of piperidine rings is 1. The van der Waals surface area contributed by atoms with E-state index in [1.54, 1.807) is 4.90 Å². The highest BCUT2D eigenvalue weighted by atomic mass is 16.4. The number of amides is 1. The van der Waals surface area contributed by atoms with E-state index in [0.29, 0.717) is 19.4 Å². The minimum absolute atomic E-state index is 0.0585. The molecule has 3 rings (SSSR count). The highest BCUT2D eigenvalue weighted by Crippen LogP contribution is 2.36. The van der Waals surface area contributed by atoms with Crippen LogP contribution in [0, 0.1) is 12.3 Å². The molecule has 0 spiro atoms. The Labute approximate surface area is 172 Å². The Morgan fingerprint density at radius 1 is 1.10 bits per heavy atom. The van der Waals surface area contributed by atoms with Crippen molar-refractivity contribution in [1.29, 1.82) is 0 Å². The van der Waals surface area contributed by atoms with E-state index in [9.17, 15) is 19.8 Å². The van der Waals surface area contributed by atoms with Crippen LogP contribution in [-0.2, 0) is 22.4 Å². The molecule has 0 aliphatic carbocycles. The molecule has 2 aromatic rings. The average molecular weight is 395 g/mol. The number of benzene rings is 2. The van der Waals surface area contributed by atoms with Gasteiger partial charge in [0.25, 0.3) is 0 Å². The SMILES string of the molecule is Cc1cccc(CC(=O)N2CC[C@H](O)[C@](CCCc3ccccc3)(C(=O)O)C2)c1. The van der Waals surface area contributed by atoms with Crippen molar-refractivity contribution in [3.63, 3.8) is 0 Å². The molecule has 1 heterocycles. The number of carbonyl (C=O) groups is 2. The summed E-state index contributed by atoms with van der Waals surface area (Å²) in [4.78, 5) is 26.7. The molecular formula is C24H29NO4. The smallest absolute Gasteiger partial charge is 0.314 e. The fraction of sp³-hybridized carbons (Fsp3) is 0.417. The Morgan fingerprint density at radius 2 is 1.83 bits per heavy atom. The lowest BCUT2D eigenvalue weighted by Crippen LogP contribution is -2.57. The largest absolute Gasteiger partial charge is 0.481 e. The molecule has 1 aliphatic rings. The lowest BCUT2D eigenvalue weighted by molar-refractivity contribution is -0.166. The van der Waals surface area contributed by atoms with Gasteiger partial charge in [0.05, 0.1) is 12.5 Å². The Hall–Kier alpha value is -2.66. The van der Waals surface area contributed by atoms with Crippen LogP contribution >= 0.6 is 0 Å². The number of hydrogen-bond acceptors (Lipinski definition) is 3. The molecule has 1 aliphatic heterocycles. The van der Waals surface area contributed by atoms with Gasteiger partial charge in [-0.1, -0.05) is 60.2 Å². The third-order valence-electron chi connectivity index (χ3n) is 5.93. The molecule has 0 radical (unpaired) electrons. The van der Waals surface area contributed by atoms with Crippen LogP contribution in [0.1, 0.15) is 36.0 Å². The number of carboxylic acids is 1. The van der Waals surface area contributed by atoms with Gasteiger partial charge in [-0.05, 0) is 43.7 Å². The molecule has 5 heteroatoms. The summed E-state index contributed by atoms with van der Waals surface area (Å²) < 4.78 is 0. The Balaban J connectivity index is 1.68. The van der Waals surface area contributed by atoms with Crippen LogP contribution in [0.25, 0.3) is 0 Å². The van der Waals surface area contributed by atoms with E-state index in [-0.39, 0.29) is 25.3 Å². The molecule has 0 unspecified atom stereocenters. The normalized spacial score (nSPS) is 21.7. The summed E-state index contributed by atoms with van der Waals surface area (Å²) in [6.07, 6.45) is 1.33. The van der Waals surface area contributed by atoms with Crippen molar-refractivity contribution >= 4 is 11.9 Å². The Bertz CT molecular complexity index is 851. The van der Waals surface area contributed by atoms with Crippen molar-refractivity contribution in [2.45, 2.75) is 45.1 Å². The summed E-state index contributed by atoms with van der Waals surface area (Å²) in [5.74, 6) is -1.11. The predicted molar refractivity (Wildman–Crippen MR) is 112 cm³/mol. The topological polar surface area (TPSA) is 77.8 Å². The van der Waals surface area contributed by atoms with Gasteiger partial charge in [-0.2, -0.15) is 0 Å². The van der Waals surface area contributed by atoms with Gasteiger partial charge in [0.15, 0.2) is 0 Å². The lowest BCUT2D eigenvalue weighted by atomic mass is 9.73.